The third kappa shape index (κ3) is 3.69. The quantitative estimate of drug-likeness (QED) is 0.774. The highest BCUT2D eigenvalue weighted by Gasteiger charge is 2.32. The van der Waals surface area contributed by atoms with Gasteiger partial charge in [0, 0.05) is 24.7 Å². The molecule has 2 aliphatic carbocycles. The smallest absolute Gasteiger partial charge is 0.254 e. The molecule has 0 heterocycles. The fourth-order valence-corrected chi connectivity index (χ4v) is 2.58. The van der Waals surface area contributed by atoms with Crippen molar-refractivity contribution in [3.8, 4) is 11.5 Å². The molecule has 0 N–H and O–H groups in total. The number of methoxy groups -OCH3 is 2. The summed E-state index contributed by atoms with van der Waals surface area (Å²) in [5, 5.41) is 0. The number of benzene rings is 1. The molecule has 0 bridgehead atoms. The van der Waals surface area contributed by atoms with E-state index in [0.717, 1.165) is 13.1 Å². The molecule has 1 aromatic rings. The molecule has 21 heavy (non-hydrogen) atoms. The Morgan fingerprint density at radius 2 is 1.48 bits per heavy atom. The van der Waals surface area contributed by atoms with E-state index in [2.05, 4.69) is 0 Å². The van der Waals surface area contributed by atoms with Crippen LogP contribution < -0.4 is 9.47 Å². The molecule has 1 aromatic carbocycles. The maximum atomic E-state index is 12.8. The van der Waals surface area contributed by atoms with E-state index in [1.807, 2.05) is 4.90 Å². The zero-order chi connectivity index (χ0) is 14.8. The molecule has 0 spiro atoms. The highest BCUT2D eigenvalue weighted by molar-refractivity contribution is 5.95. The number of nitrogens with zero attached hydrogens (tertiary/aromatic N) is 1. The predicted molar refractivity (Wildman–Crippen MR) is 80.9 cm³/mol. The lowest BCUT2D eigenvalue weighted by Gasteiger charge is -2.23. The maximum absolute atomic E-state index is 12.8. The zero-order valence-corrected chi connectivity index (χ0v) is 12.8. The van der Waals surface area contributed by atoms with Gasteiger partial charge in [0.25, 0.3) is 5.91 Å². The predicted octanol–water partition coefficient (Wildman–Crippen LogP) is 2.97. The molecule has 0 unspecified atom stereocenters. The largest absolute Gasteiger partial charge is 0.497 e. The summed E-state index contributed by atoms with van der Waals surface area (Å²) in [7, 11) is 3.21. The Labute approximate surface area is 126 Å². The van der Waals surface area contributed by atoms with Gasteiger partial charge in [-0.15, -0.1) is 0 Å². The van der Waals surface area contributed by atoms with Crippen molar-refractivity contribution in [1.82, 2.24) is 4.90 Å². The lowest BCUT2D eigenvalue weighted by Crippen LogP contribution is -2.34. The van der Waals surface area contributed by atoms with Crippen molar-refractivity contribution in [2.45, 2.75) is 25.7 Å². The monoisotopic (exact) mass is 289 g/mol. The molecule has 114 valence electrons. The standard InChI is InChI=1S/C17H23NO3/c1-20-15-7-14(8-16(9-15)21-2)17(19)18(10-12-3-4-12)11-13-5-6-13/h7-9,12-13H,3-6,10-11H2,1-2H3. The summed E-state index contributed by atoms with van der Waals surface area (Å²) in [6.45, 7) is 1.80. The van der Waals surface area contributed by atoms with Crippen molar-refractivity contribution in [3.05, 3.63) is 23.8 Å². The summed E-state index contributed by atoms with van der Waals surface area (Å²) in [5.41, 5.74) is 0.660. The summed E-state index contributed by atoms with van der Waals surface area (Å²) < 4.78 is 10.5. The summed E-state index contributed by atoms with van der Waals surface area (Å²) in [6.07, 6.45) is 5.04. The molecule has 4 nitrogen and oxygen atoms in total. The normalized spacial score (nSPS) is 17.4. The molecule has 3 rings (SSSR count). The molecule has 1 amide bonds. The van der Waals surface area contributed by atoms with Crippen molar-refractivity contribution in [1.29, 1.82) is 0 Å². The van der Waals surface area contributed by atoms with Crippen LogP contribution in [0.5, 0.6) is 11.5 Å². The molecule has 0 saturated heterocycles. The van der Waals surface area contributed by atoms with Crippen molar-refractivity contribution in [3.63, 3.8) is 0 Å². The zero-order valence-electron chi connectivity index (χ0n) is 12.8. The van der Waals surface area contributed by atoms with E-state index in [-0.39, 0.29) is 5.91 Å². The molecule has 0 aromatic heterocycles. The lowest BCUT2D eigenvalue weighted by molar-refractivity contribution is 0.0739. The minimum absolute atomic E-state index is 0.103. The Morgan fingerprint density at radius 1 is 1.00 bits per heavy atom. The Hall–Kier alpha value is -1.71. The summed E-state index contributed by atoms with van der Waals surface area (Å²) in [5.74, 6) is 2.84. The molecule has 2 saturated carbocycles. The molecular weight excluding hydrogens is 266 g/mol. The Balaban J connectivity index is 1.79. The van der Waals surface area contributed by atoms with E-state index in [9.17, 15) is 4.79 Å². The van der Waals surface area contributed by atoms with Gasteiger partial charge in [-0.2, -0.15) is 0 Å². The van der Waals surface area contributed by atoms with Crippen molar-refractivity contribution in [2.75, 3.05) is 27.3 Å². The van der Waals surface area contributed by atoms with Gasteiger partial charge in [0.1, 0.15) is 11.5 Å². The van der Waals surface area contributed by atoms with Crippen molar-refractivity contribution < 1.29 is 14.3 Å². The number of carbonyl (C=O) groups excluding carboxylic acids is 1. The molecular formula is C17H23NO3. The molecule has 0 atom stereocenters. The molecule has 2 aliphatic rings. The molecule has 0 aliphatic heterocycles. The van der Waals surface area contributed by atoms with E-state index in [1.165, 1.54) is 25.7 Å². The first-order valence-corrected chi connectivity index (χ1v) is 7.72. The summed E-state index contributed by atoms with van der Waals surface area (Å²) in [6, 6.07) is 5.40. The van der Waals surface area contributed by atoms with Gasteiger partial charge in [0.2, 0.25) is 0 Å². The highest BCUT2D eigenvalue weighted by Crippen LogP contribution is 2.34. The lowest BCUT2D eigenvalue weighted by atomic mass is 10.1. The number of amides is 1. The number of carbonyl (C=O) groups is 1. The first-order valence-electron chi connectivity index (χ1n) is 7.72. The van der Waals surface area contributed by atoms with Crippen LogP contribution in [-0.4, -0.2) is 38.1 Å². The van der Waals surface area contributed by atoms with Crippen LogP contribution in [0.2, 0.25) is 0 Å². The minimum atomic E-state index is 0.103. The van der Waals surface area contributed by atoms with Gasteiger partial charge in [-0.1, -0.05) is 0 Å². The second-order valence-corrected chi connectivity index (χ2v) is 6.20. The first kappa shape index (κ1) is 14.2. The van der Waals surface area contributed by atoms with E-state index in [4.69, 9.17) is 9.47 Å². The van der Waals surface area contributed by atoms with Gasteiger partial charge in [-0.05, 0) is 49.7 Å². The van der Waals surface area contributed by atoms with E-state index >= 15 is 0 Å². The van der Waals surface area contributed by atoms with Crippen LogP contribution in [0.1, 0.15) is 36.0 Å². The van der Waals surface area contributed by atoms with Gasteiger partial charge in [0.05, 0.1) is 14.2 Å². The van der Waals surface area contributed by atoms with Gasteiger partial charge in [-0.25, -0.2) is 0 Å². The third-order valence-electron chi connectivity index (χ3n) is 4.24. The summed E-state index contributed by atoms with van der Waals surface area (Å²) >= 11 is 0. The van der Waals surface area contributed by atoms with Crippen molar-refractivity contribution >= 4 is 5.91 Å². The number of hydrogen-bond donors (Lipinski definition) is 0. The Morgan fingerprint density at radius 3 is 1.86 bits per heavy atom. The fourth-order valence-electron chi connectivity index (χ4n) is 2.58. The molecule has 0 radical (unpaired) electrons. The van der Waals surface area contributed by atoms with Crippen LogP contribution in [-0.2, 0) is 0 Å². The van der Waals surface area contributed by atoms with E-state index < -0.39 is 0 Å². The first-order chi connectivity index (χ1) is 10.2. The second-order valence-electron chi connectivity index (χ2n) is 6.20. The van der Waals surface area contributed by atoms with Gasteiger partial charge in [-0.3, -0.25) is 4.79 Å². The fraction of sp³-hybridized carbons (Fsp3) is 0.588. The maximum Gasteiger partial charge on any atom is 0.254 e. The van der Waals surface area contributed by atoms with E-state index in [0.29, 0.717) is 28.9 Å². The third-order valence-corrected chi connectivity index (χ3v) is 4.24. The average molecular weight is 289 g/mol. The minimum Gasteiger partial charge on any atom is -0.497 e. The topological polar surface area (TPSA) is 38.8 Å². The van der Waals surface area contributed by atoms with Crippen LogP contribution in [0.3, 0.4) is 0 Å². The number of ether oxygens (including phenoxy) is 2. The summed E-state index contributed by atoms with van der Waals surface area (Å²) in [4.78, 5) is 14.9. The van der Waals surface area contributed by atoms with Gasteiger partial charge >= 0.3 is 0 Å². The van der Waals surface area contributed by atoms with Gasteiger partial charge in [0.15, 0.2) is 0 Å². The Bertz CT molecular complexity index is 485. The number of rotatable bonds is 7. The molecule has 2 fully saturated rings. The number of hydrogen-bond acceptors (Lipinski definition) is 3. The Kier molecular flexibility index (Phi) is 4.04. The van der Waals surface area contributed by atoms with Gasteiger partial charge < -0.3 is 14.4 Å². The molecule has 4 heteroatoms. The van der Waals surface area contributed by atoms with Crippen LogP contribution in [0.4, 0.5) is 0 Å². The van der Waals surface area contributed by atoms with Crippen LogP contribution in [0, 0.1) is 11.8 Å². The van der Waals surface area contributed by atoms with Crippen molar-refractivity contribution in [2.24, 2.45) is 11.8 Å². The SMILES string of the molecule is COc1cc(OC)cc(C(=O)N(CC2CC2)CC2CC2)c1. The second kappa shape index (κ2) is 5.96. The van der Waals surface area contributed by atoms with Crippen LogP contribution in [0.15, 0.2) is 18.2 Å². The highest BCUT2D eigenvalue weighted by atomic mass is 16.5. The van der Waals surface area contributed by atoms with Crippen LogP contribution in [0.25, 0.3) is 0 Å². The van der Waals surface area contributed by atoms with E-state index in [1.54, 1.807) is 32.4 Å². The average Bonchev–Trinajstić information content (AvgIpc) is 3.41. The van der Waals surface area contributed by atoms with Crippen LogP contribution >= 0.6 is 0 Å².